The molecule has 1 aromatic heterocycles. The number of hydrogen-bond donors (Lipinski definition) is 0. The highest BCUT2D eigenvalue weighted by molar-refractivity contribution is 7.91. The first-order chi connectivity index (χ1) is 14.4. The predicted octanol–water partition coefficient (Wildman–Crippen LogP) is 2.19. The lowest BCUT2D eigenvalue weighted by molar-refractivity contribution is -0.137. The van der Waals surface area contributed by atoms with E-state index in [1.165, 1.54) is 15.6 Å². The molecule has 7 nitrogen and oxygen atoms in total. The summed E-state index contributed by atoms with van der Waals surface area (Å²) >= 11 is 1.20. The average molecular weight is 448 g/mol. The number of carbonyl (C=O) groups is 2. The van der Waals surface area contributed by atoms with Crippen LogP contribution in [0.4, 0.5) is 0 Å². The number of thiophene rings is 1. The number of likely N-dealkylation sites (tertiary alicyclic amines) is 1. The van der Waals surface area contributed by atoms with Crippen LogP contribution in [0.15, 0.2) is 52.1 Å². The van der Waals surface area contributed by atoms with Gasteiger partial charge in [0.2, 0.25) is 11.8 Å². The van der Waals surface area contributed by atoms with Gasteiger partial charge >= 0.3 is 0 Å². The van der Waals surface area contributed by atoms with Gasteiger partial charge in [-0.25, -0.2) is 8.42 Å². The smallest absolute Gasteiger partial charge is 0.252 e. The van der Waals surface area contributed by atoms with Crippen molar-refractivity contribution in [3.05, 3.63) is 53.4 Å². The van der Waals surface area contributed by atoms with E-state index in [1.54, 1.807) is 27.3 Å². The van der Waals surface area contributed by atoms with Crippen molar-refractivity contribution in [1.29, 1.82) is 0 Å². The molecule has 3 heterocycles. The van der Waals surface area contributed by atoms with Crippen molar-refractivity contribution in [2.75, 3.05) is 32.7 Å². The van der Waals surface area contributed by atoms with E-state index in [9.17, 15) is 18.0 Å². The monoisotopic (exact) mass is 447 g/mol. The zero-order chi connectivity index (χ0) is 21.3. The summed E-state index contributed by atoms with van der Waals surface area (Å²) in [5.74, 6) is -0.438. The van der Waals surface area contributed by atoms with E-state index >= 15 is 0 Å². The minimum atomic E-state index is -3.49. The topological polar surface area (TPSA) is 78.0 Å². The van der Waals surface area contributed by atoms with Gasteiger partial charge in [-0.15, -0.1) is 11.3 Å². The largest absolute Gasteiger partial charge is 0.340 e. The second kappa shape index (κ2) is 8.49. The Kier molecular flexibility index (Phi) is 5.95. The van der Waals surface area contributed by atoms with E-state index in [1.807, 2.05) is 37.3 Å². The highest BCUT2D eigenvalue weighted by atomic mass is 32.2. The van der Waals surface area contributed by atoms with Crippen molar-refractivity contribution in [3.63, 3.8) is 0 Å². The highest BCUT2D eigenvalue weighted by Crippen LogP contribution is 2.30. The first kappa shape index (κ1) is 21.0. The molecule has 9 heteroatoms. The zero-order valence-electron chi connectivity index (χ0n) is 16.8. The first-order valence-corrected chi connectivity index (χ1v) is 12.4. The molecule has 30 heavy (non-hydrogen) atoms. The number of piperazine rings is 1. The molecule has 0 aliphatic carbocycles. The normalized spacial score (nSPS) is 21.8. The lowest BCUT2D eigenvalue weighted by Crippen LogP contribution is -2.52. The van der Waals surface area contributed by atoms with Gasteiger partial charge in [0.25, 0.3) is 10.0 Å². The number of amides is 2. The fraction of sp³-hybridized carbons (Fsp3) is 0.429. The van der Waals surface area contributed by atoms with Crippen molar-refractivity contribution < 1.29 is 18.0 Å². The summed E-state index contributed by atoms with van der Waals surface area (Å²) in [6.45, 7) is 3.63. The molecule has 2 aliphatic rings. The maximum absolute atomic E-state index is 13.0. The van der Waals surface area contributed by atoms with Crippen LogP contribution < -0.4 is 0 Å². The second-order valence-corrected chi connectivity index (χ2v) is 10.8. The Hall–Kier alpha value is -2.23. The number of sulfonamides is 1. The molecule has 2 fully saturated rings. The molecule has 0 N–H and O–H groups in total. The summed E-state index contributed by atoms with van der Waals surface area (Å²) in [5.41, 5.74) is 1.05. The van der Waals surface area contributed by atoms with Gasteiger partial charge in [-0.2, -0.15) is 4.31 Å². The Labute approximate surface area is 180 Å². The lowest BCUT2D eigenvalue weighted by Gasteiger charge is -2.35. The van der Waals surface area contributed by atoms with Crippen LogP contribution in [0, 0.1) is 5.92 Å². The molecular formula is C21H25N3O4S2. The third kappa shape index (κ3) is 4.01. The number of rotatable bonds is 5. The molecule has 0 unspecified atom stereocenters. The van der Waals surface area contributed by atoms with Gasteiger partial charge in [0.05, 0.1) is 12.0 Å². The van der Waals surface area contributed by atoms with Crippen LogP contribution >= 0.6 is 11.3 Å². The zero-order valence-corrected chi connectivity index (χ0v) is 18.4. The molecule has 2 aromatic rings. The minimum absolute atomic E-state index is 0.0105. The summed E-state index contributed by atoms with van der Waals surface area (Å²) in [6.07, 6.45) is 0.212. The molecule has 2 atom stereocenters. The average Bonchev–Trinajstić information content (AvgIpc) is 3.44. The Morgan fingerprint density at radius 1 is 1.07 bits per heavy atom. The number of hydrogen-bond acceptors (Lipinski definition) is 5. The standard InChI is InChI=1S/C21H25N3O4S2/c1-16(17-6-3-2-4-7-17)24-15-18(14-19(24)25)21(26)22-9-11-23(12-10-22)30(27,28)20-8-5-13-29-20/h2-8,13,16,18H,9-12,14-15H2,1H3/t16-,18+/m0/s1. The van der Waals surface area contributed by atoms with E-state index < -0.39 is 10.0 Å². The van der Waals surface area contributed by atoms with Gasteiger partial charge in [-0.3, -0.25) is 9.59 Å². The number of nitrogens with zero attached hydrogens (tertiary/aromatic N) is 3. The Balaban J connectivity index is 1.36. The molecule has 1 aromatic carbocycles. The van der Waals surface area contributed by atoms with Crippen molar-refractivity contribution >= 4 is 33.2 Å². The molecule has 0 saturated carbocycles. The fourth-order valence-corrected chi connectivity index (χ4v) is 6.69. The minimum Gasteiger partial charge on any atom is -0.340 e. The van der Waals surface area contributed by atoms with Gasteiger partial charge in [0.15, 0.2) is 0 Å². The van der Waals surface area contributed by atoms with E-state index in [0.717, 1.165) is 5.56 Å². The van der Waals surface area contributed by atoms with E-state index in [4.69, 9.17) is 0 Å². The molecule has 2 amide bonds. The number of carbonyl (C=O) groups excluding carboxylic acids is 2. The Morgan fingerprint density at radius 3 is 2.40 bits per heavy atom. The van der Waals surface area contributed by atoms with Crippen molar-refractivity contribution in [1.82, 2.24) is 14.1 Å². The van der Waals surface area contributed by atoms with E-state index in [-0.39, 0.29) is 43.3 Å². The van der Waals surface area contributed by atoms with Crippen molar-refractivity contribution in [2.45, 2.75) is 23.6 Å². The van der Waals surface area contributed by atoms with Gasteiger partial charge < -0.3 is 9.80 Å². The maximum Gasteiger partial charge on any atom is 0.252 e. The van der Waals surface area contributed by atoms with Crippen LogP contribution in [0.25, 0.3) is 0 Å². The quantitative estimate of drug-likeness (QED) is 0.704. The summed E-state index contributed by atoms with van der Waals surface area (Å²) in [5, 5.41) is 1.74. The van der Waals surface area contributed by atoms with Gasteiger partial charge in [-0.1, -0.05) is 36.4 Å². The molecule has 2 saturated heterocycles. The molecular weight excluding hydrogens is 422 g/mol. The van der Waals surface area contributed by atoms with Crippen molar-refractivity contribution in [2.24, 2.45) is 5.92 Å². The molecule has 160 valence electrons. The van der Waals surface area contributed by atoms with E-state index in [2.05, 4.69) is 0 Å². The maximum atomic E-state index is 13.0. The summed E-state index contributed by atoms with van der Waals surface area (Å²) in [4.78, 5) is 29.1. The van der Waals surface area contributed by atoms with Gasteiger partial charge in [0, 0.05) is 39.1 Å². The molecule has 2 aliphatic heterocycles. The molecule has 0 radical (unpaired) electrons. The van der Waals surface area contributed by atoms with Crippen LogP contribution in [0.3, 0.4) is 0 Å². The second-order valence-electron chi connectivity index (χ2n) is 7.70. The summed E-state index contributed by atoms with van der Waals surface area (Å²) < 4.78 is 27.1. The van der Waals surface area contributed by atoms with Crippen molar-refractivity contribution in [3.8, 4) is 0 Å². The Morgan fingerprint density at radius 2 is 1.77 bits per heavy atom. The van der Waals surface area contributed by atoms with Crippen LogP contribution in [0.5, 0.6) is 0 Å². The molecule has 0 spiro atoms. The van der Waals surface area contributed by atoms with Crippen LogP contribution in [-0.4, -0.2) is 67.1 Å². The molecule has 4 rings (SSSR count). The third-order valence-electron chi connectivity index (χ3n) is 5.90. The first-order valence-electron chi connectivity index (χ1n) is 10.0. The van der Waals surface area contributed by atoms with Crippen LogP contribution in [0.2, 0.25) is 0 Å². The SMILES string of the molecule is C[C@@H](c1ccccc1)N1C[C@H](C(=O)N2CCN(S(=O)(=O)c3cccs3)CC2)CC1=O. The third-order valence-corrected chi connectivity index (χ3v) is 9.17. The van der Waals surface area contributed by atoms with Gasteiger partial charge in [-0.05, 0) is 23.9 Å². The fourth-order valence-electron chi connectivity index (χ4n) is 4.13. The summed E-state index contributed by atoms with van der Waals surface area (Å²) in [7, 11) is -3.49. The number of benzene rings is 1. The van der Waals surface area contributed by atoms with E-state index in [0.29, 0.717) is 23.8 Å². The lowest BCUT2D eigenvalue weighted by atomic mass is 10.1. The Bertz CT molecular complexity index is 1000. The van der Waals surface area contributed by atoms with Crippen LogP contribution in [0.1, 0.15) is 24.9 Å². The molecule has 0 bridgehead atoms. The highest BCUT2D eigenvalue weighted by Gasteiger charge is 2.40. The van der Waals surface area contributed by atoms with Gasteiger partial charge in [0.1, 0.15) is 4.21 Å². The predicted molar refractivity (Wildman–Crippen MR) is 114 cm³/mol. The van der Waals surface area contributed by atoms with Crippen LogP contribution in [-0.2, 0) is 19.6 Å². The summed E-state index contributed by atoms with van der Waals surface area (Å²) in [6, 6.07) is 13.0.